The standard InChI is InChI=1S/C19H20ClNO3S/c20-15-5-1-3-12-4-2-6-16(18(12)15)25-11-17(22)21-14-9-7-13(8-10-14)19(23)24/h1-6,13-14H,7-11H2,(H,21,22)(H,23,24). The van der Waals surface area contributed by atoms with E-state index in [2.05, 4.69) is 5.32 Å². The lowest BCUT2D eigenvalue weighted by Gasteiger charge is -2.26. The van der Waals surface area contributed by atoms with Crippen LogP contribution in [0.25, 0.3) is 10.8 Å². The Kier molecular flexibility index (Phi) is 5.86. The molecule has 3 rings (SSSR count). The molecular weight excluding hydrogens is 358 g/mol. The molecule has 0 atom stereocenters. The Labute approximate surface area is 155 Å². The van der Waals surface area contributed by atoms with Gasteiger partial charge in [0.25, 0.3) is 0 Å². The fourth-order valence-electron chi connectivity index (χ4n) is 3.28. The van der Waals surface area contributed by atoms with Gasteiger partial charge in [0.2, 0.25) is 5.91 Å². The number of amides is 1. The number of carbonyl (C=O) groups is 2. The number of fused-ring (bicyclic) bond motifs is 1. The Morgan fingerprint density at radius 2 is 1.80 bits per heavy atom. The van der Waals surface area contributed by atoms with Crippen molar-refractivity contribution in [1.29, 1.82) is 0 Å². The zero-order valence-electron chi connectivity index (χ0n) is 13.7. The van der Waals surface area contributed by atoms with Crippen LogP contribution in [0.2, 0.25) is 5.02 Å². The molecule has 1 aliphatic rings. The van der Waals surface area contributed by atoms with Crippen LogP contribution in [0.3, 0.4) is 0 Å². The Hall–Kier alpha value is -1.72. The van der Waals surface area contributed by atoms with Crippen LogP contribution in [-0.4, -0.2) is 28.8 Å². The first-order valence-electron chi connectivity index (χ1n) is 8.37. The fourth-order valence-corrected chi connectivity index (χ4v) is 4.54. The number of aliphatic carboxylic acids is 1. The molecule has 1 amide bonds. The summed E-state index contributed by atoms with van der Waals surface area (Å²) in [6.07, 6.45) is 2.72. The Morgan fingerprint density at radius 1 is 1.12 bits per heavy atom. The first-order chi connectivity index (χ1) is 12.0. The Bertz CT molecular complexity index is 782. The number of rotatable bonds is 5. The maximum Gasteiger partial charge on any atom is 0.306 e. The molecule has 132 valence electrons. The summed E-state index contributed by atoms with van der Waals surface area (Å²) in [7, 11) is 0. The van der Waals surface area contributed by atoms with Gasteiger partial charge in [0.15, 0.2) is 0 Å². The highest BCUT2D eigenvalue weighted by molar-refractivity contribution is 8.00. The van der Waals surface area contributed by atoms with Gasteiger partial charge < -0.3 is 10.4 Å². The first kappa shape index (κ1) is 18.1. The smallest absolute Gasteiger partial charge is 0.306 e. The third-order valence-corrected chi connectivity index (χ3v) is 5.99. The average Bonchev–Trinajstić information content (AvgIpc) is 2.60. The highest BCUT2D eigenvalue weighted by Crippen LogP contribution is 2.33. The lowest BCUT2D eigenvalue weighted by atomic mass is 9.86. The van der Waals surface area contributed by atoms with Crippen molar-refractivity contribution in [2.24, 2.45) is 5.92 Å². The van der Waals surface area contributed by atoms with Crippen molar-refractivity contribution in [1.82, 2.24) is 5.32 Å². The molecule has 4 nitrogen and oxygen atoms in total. The quantitative estimate of drug-likeness (QED) is 0.760. The molecule has 0 aliphatic heterocycles. The number of carboxylic acid groups (broad SMARTS) is 1. The lowest BCUT2D eigenvalue weighted by molar-refractivity contribution is -0.142. The van der Waals surface area contributed by atoms with E-state index in [1.165, 1.54) is 11.8 Å². The molecule has 0 spiro atoms. The van der Waals surface area contributed by atoms with E-state index in [0.29, 0.717) is 23.6 Å². The van der Waals surface area contributed by atoms with E-state index in [9.17, 15) is 9.59 Å². The van der Waals surface area contributed by atoms with Crippen LogP contribution in [-0.2, 0) is 9.59 Å². The molecule has 1 fully saturated rings. The van der Waals surface area contributed by atoms with E-state index >= 15 is 0 Å². The topological polar surface area (TPSA) is 66.4 Å². The molecular formula is C19H20ClNO3S. The zero-order valence-corrected chi connectivity index (χ0v) is 15.3. The zero-order chi connectivity index (χ0) is 17.8. The first-order valence-corrected chi connectivity index (χ1v) is 9.73. The fraction of sp³-hybridized carbons (Fsp3) is 0.368. The second-order valence-corrected chi connectivity index (χ2v) is 7.76. The van der Waals surface area contributed by atoms with E-state index in [-0.39, 0.29) is 17.9 Å². The van der Waals surface area contributed by atoms with Gasteiger partial charge in [-0.3, -0.25) is 9.59 Å². The number of hydrogen-bond donors (Lipinski definition) is 2. The lowest BCUT2D eigenvalue weighted by Crippen LogP contribution is -2.39. The molecule has 0 aromatic heterocycles. The van der Waals surface area contributed by atoms with Gasteiger partial charge in [-0.25, -0.2) is 0 Å². The van der Waals surface area contributed by atoms with E-state index in [1.807, 2.05) is 36.4 Å². The van der Waals surface area contributed by atoms with Crippen molar-refractivity contribution in [3.05, 3.63) is 41.4 Å². The van der Waals surface area contributed by atoms with Crippen molar-refractivity contribution in [3.8, 4) is 0 Å². The highest BCUT2D eigenvalue weighted by Gasteiger charge is 2.26. The van der Waals surface area contributed by atoms with Crippen LogP contribution in [0.1, 0.15) is 25.7 Å². The number of hydrogen-bond acceptors (Lipinski definition) is 3. The maximum absolute atomic E-state index is 12.2. The van der Waals surface area contributed by atoms with Gasteiger partial charge >= 0.3 is 5.97 Å². The molecule has 2 N–H and O–H groups in total. The molecule has 0 heterocycles. The van der Waals surface area contributed by atoms with Crippen LogP contribution in [0.5, 0.6) is 0 Å². The third kappa shape index (κ3) is 4.47. The van der Waals surface area contributed by atoms with Crippen LogP contribution in [0.15, 0.2) is 41.3 Å². The van der Waals surface area contributed by atoms with Crippen molar-refractivity contribution in [3.63, 3.8) is 0 Å². The van der Waals surface area contributed by atoms with Gasteiger partial charge in [-0.15, -0.1) is 11.8 Å². The molecule has 0 saturated heterocycles. The summed E-state index contributed by atoms with van der Waals surface area (Å²) in [5.41, 5.74) is 0. The second kappa shape index (κ2) is 8.11. The Morgan fingerprint density at radius 3 is 2.48 bits per heavy atom. The molecule has 6 heteroatoms. The SMILES string of the molecule is O=C(CSc1cccc2cccc(Cl)c12)NC1CCC(C(=O)O)CC1. The minimum Gasteiger partial charge on any atom is -0.481 e. The molecule has 0 unspecified atom stereocenters. The number of thioether (sulfide) groups is 1. The summed E-state index contributed by atoms with van der Waals surface area (Å²) >= 11 is 7.79. The van der Waals surface area contributed by atoms with Crippen LogP contribution in [0, 0.1) is 5.92 Å². The van der Waals surface area contributed by atoms with Crippen LogP contribution in [0.4, 0.5) is 0 Å². The van der Waals surface area contributed by atoms with Crippen LogP contribution < -0.4 is 5.32 Å². The van der Waals surface area contributed by atoms with E-state index < -0.39 is 5.97 Å². The number of benzene rings is 2. The van der Waals surface area contributed by atoms with E-state index in [4.69, 9.17) is 16.7 Å². The summed E-state index contributed by atoms with van der Waals surface area (Å²) in [5.74, 6) is -0.690. The summed E-state index contributed by atoms with van der Waals surface area (Å²) in [6.45, 7) is 0. The largest absolute Gasteiger partial charge is 0.481 e. The van der Waals surface area contributed by atoms with Gasteiger partial charge in [0.1, 0.15) is 0 Å². The number of halogens is 1. The normalized spacial score (nSPS) is 20.4. The van der Waals surface area contributed by atoms with Crippen molar-refractivity contribution >= 4 is 46.0 Å². The minimum atomic E-state index is -0.729. The predicted molar refractivity (Wildman–Crippen MR) is 101 cm³/mol. The molecule has 1 saturated carbocycles. The number of carboxylic acids is 1. The number of nitrogens with one attached hydrogen (secondary N) is 1. The van der Waals surface area contributed by atoms with Gasteiger partial charge in [0, 0.05) is 21.3 Å². The van der Waals surface area contributed by atoms with Gasteiger partial charge in [0.05, 0.1) is 11.7 Å². The van der Waals surface area contributed by atoms with Gasteiger partial charge in [-0.1, -0.05) is 35.9 Å². The molecule has 2 aromatic rings. The second-order valence-electron chi connectivity index (χ2n) is 6.34. The van der Waals surface area contributed by atoms with Crippen molar-refractivity contribution in [2.45, 2.75) is 36.6 Å². The maximum atomic E-state index is 12.2. The predicted octanol–water partition coefficient (Wildman–Crippen LogP) is 4.34. The molecule has 25 heavy (non-hydrogen) atoms. The summed E-state index contributed by atoms with van der Waals surface area (Å²) in [4.78, 5) is 24.2. The average molecular weight is 378 g/mol. The molecule has 0 bridgehead atoms. The number of carbonyl (C=O) groups excluding carboxylic acids is 1. The van der Waals surface area contributed by atoms with Crippen molar-refractivity contribution < 1.29 is 14.7 Å². The monoisotopic (exact) mass is 377 g/mol. The van der Waals surface area contributed by atoms with Gasteiger partial charge in [-0.2, -0.15) is 0 Å². The molecule has 1 aliphatic carbocycles. The summed E-state index contributed by atoms with van der Waals surface area (Å²) in [5, 5.41) is 14.8. The molecule has 0 radical (unpaired) electrons. The Balaban J connectivity index is 1.56. The molecule has 2 aromatic carbocycles. The third-order valence-electron chi connectivity index (χ3n) is 4.62. The summed E-state index contributed by atoms with van der Waals surface area (Å²) < 4.78 is 0. The van der Waals surface area contributed by atoms with Crippen LogP contribution >= 0.6 is 23.4 Å². The summed E-state index contributed by atoms with van der Waals surface area (Å²) in [6, 6.07) is 11.8. The minimum absolute atomic E-state index is 0.0205. The van der Waals surface area contributed by atoms with Crippen molar-refractivity contribution in [2.75, 3.05) is 5.75 Å². The highest BCUT2D eigenvalue weighted by atomic mass is 35.5. The van der Waals surface area contributed by atoms with E-state index in [1.54, 1.807) is 0 Å². The van der Waals surface area contributed by atoms with E-state index in [0.717, 1.165) is 28.5 Å². The van der Waals surface area contributed by atoms with Gasteiger partial charge in [-0.05, 0) is 43.2 Å².